The Morgan fingerprint density at radius 2 is 1.60 bits per heavy atom. The molecule has 25 heavy (non-hydrogen) atoms. The maximum Gasteiger partial charge on any atom is 0.226 e. The Bertz CT molecular complexity index is 792. The van der Waals surface area contributed by atoms with Gasteiger partial charge in [-0.25, -0.2) is 0 Å². The fourth-order valence-corrected chi connectivity index (χ4v) is 2.90. The number of hydrogen-bond acceptors (Lipinski definition) is 2. The van der Waals surface area contributed by atoms with Gasteiger partial charge in [-0.2, -0.15) is 0 Å². The van der Waals surface area contributed by atoms with Gasteiger partial charge in [-0.1, -0.05) is 64.6 Å². The van der Waals surface area contributed by atoms with E-state index in [2.05, 4.69) is 10.6 Å². The van der Waals surface area contributed by atoms with Gasteiger partial charge in [-0.15, -0.1) is 0 Å². The van der Waals surface area contributed by atoms with Crippen LogP contribution in [0.4, 0.5) is 5.69 Å². The summed E-state index contributed by atoms with van der Waals surface area (Å²) in [5.41, 5.74) is 2.31. The van der Waals surface area contributed by atoms with Crippen LogP contribution in [0, 0.1) is 6.92 Å². The van der Waals surface area contributed by atoms with E-state index in [4.69, 9.17) is 34.8 Å². The molecule has 1 atom stereocenters. The minimum atomic E-state index is -0.445. The molecule has 4 nitrogen and oxygen atoms in total. The Balaban J connectivity index is 2.15. The van der Waals surface area contributed by atoms with Gasteiger partial charge in [0.05, 0.1) is 33.2 Å². The Morgan fingerprint density at radius 1 is 1.00 bits per heavy atom. The molecule has 0 heterocycles. The molecule has 7 heteroatoms. The summed E-state index contributed by atoms with van der Waals surface area (Å²) in [5, 5.41) is 6.37. The number of amides is 2. The zero-order valence-corrected chi connectivity index (χ0v) is 16.0. The van der Waals surface area contributed by atoms with E-state index in [0.717, 1.165) is 11.1 Å². The average Bonchev–Trinajstić information content (AvgIpc) is 2.52. The molecule has 0 aliphatic rings. The summed E-state index contributed by atoms with van der Waals surface area (Å²) in [6.07, 6.45) is 0.0548. The van der Waals surface area contributed by atoms with E-state index in [0.29, 0.717) is 15.7 Å². The fraction of sp³-hybridized carbons (Fsp3) is 0.222. The van der Waals surface area contributed by atoms with Crippen LogP contribution in [0.15, 0.2) is 36.4 Å². The van der Waals surface area contributed by atoms with E-state index < -0.39 is 6.04 Å². The summed E-state index contributed by atoms with van der Waals surface area (Å²) in [7, 11) is 0. The fourth-order valence-electron chi connectivity index (χ4n) is 2.30. The van der Waals surface area contributed by atoms with Gasteiger partial charge in [0.15, 0.2) is 0 Å². The monoisotopic (exact) mass is 398 g/mol. The number of rotatable bonds is 5. The van der Waals surface area contributed by atoms with Crippen molar-refractivity contribution in [1.29, 1.82) is 0 Å². The van der Waals surface area contributed by atoms with Crippen LogP contribution < -0.4 is 10.6 Å². The lowest BCUT2D eigenvalue weighted by Gasteiger charge is -2.18. The third-order valence-electron chi connectivity index (χ3n) is 3.53. The standard InChI is InChI=1S/C18H17Cl3N2O2/c1-10-3-5-12(6-4-10)16(22-11(2)24)9-18(25)23-17-8-14(20)13(19)7-15(17)21/h3-8,16H,9H2,1-2H3,(H,22,24)(H,23,25). The predicted molar refractivity (Wildman–Crippen MR) is 102 cm³/mol. The number of anilines is 1. The molecule has 0 spiro atoms. The second kappa shape index (κ2) is 8.56. The second-order valence-corrected chi connectivity index (χ2v) is 6.88. The lowest BCUT2D eigenvalue weighted by molar-refractivity contribution is -0.120. The smallest absolute Gasteiger partial charge is 0.226 e. The van der Waals surface area contributed by atoms with Gasteiger partial charge in [-0.3, -0.25) is 9.59 Å². The van der Waals surface area contributed by atoms with E-state index in [9.17, 15) is 9.59 Å². The molecule has 0 fully saturated rings. The van der Waals surface area contributed by atoms with Crippen LogP contribution in [0.1, 0.15) is 30.5 Å². The van der Waals surface area contributed by atoms with E-state index in [1.807, 2.05) is 31.2 Å². The molecule has 2 aromatic carbocycles. The number of halogens is 3. The second-order valence-electron chi connectivity index (χ2n) is 5.66. The van der Waals surface area contributed by atoms with Crippen LogP contribution in [-0.4, -0.2) is 11.8 Å². The Kier molecular flexibility index (Phi) is 6.71. The van der Waals surface area contributed by atoms with Crippen molar-refractivity contribution in [2.24, 2.45) is 0 Å². The van der Waals surface area contributed by atoms with E-state index in [-0.39, 0.29) is 23.3 Å². The van der Waals surface area contributed by atoms with Crippen LogP contribution in [0.25, 0.3) is 0 Å². The van der Waals surface area contributed by atoms with Gasteiger partial charge >= 0.3 is 0 Å². The number of carbonyl (C=O) groups is 2. The molecule has 0 saturated heterocycles. The molecule has 0 aliphatic carbocycles. The van der Waals surface area contributed by atoms with Crippen molar-refractivity contribution < 1.29 is 9.59 Å². The highest BCUT2D eigenvalue weighted by molar-refractivity contribution is 6.44. The molecule has 2 amide bonds. The zero-order valence-electron chi connectivity index (χ0n) is 13.7. The minimum absolute atomic E-state index is 0.0548. The summed E-state index contributed by atoms with van der Waals surface area (Å²) in [6, 6.07) is 10.1. The van der Waals surface area contributed by atoms with E-state index >= 15 is 0 Å². The van der Waals surface area contributed by atoms with Crippen molar-refractivity contribution in [3.05, 3.63) is 62.6 Å². The summed E-state index contributed by atoms with van der Waals surface area (Å²) in [5.74, 6) is -0.523. The van der Waals surface area contributed by atoms with Gasteiger partial charge in [0.25, 0.3) is 0 Å². The van der Waals surface area contributed by atoms with Crippen molar-refractivity contribution in [3.63, 3.8) is 0 Å². The molecule has 0 radical (unpaired) electrons. The van der Waals surface area contributed by atoms with Crippen molar-refractivity contribution in [3.8, 4) is 0 Å². The Labute approximate surface area is 161 Å². The third-order valence-corrected chi connectivity index (χ3v) is 4.57. The minimum Gasteiger partial charge on any atom is -0.349 e. The molecular weight excluding hydrogens is 383 g/mol. The SMILES string of the molecule is CC(=O)NC(CC(=O)Nc1cc(Cl)c(Cl)cc1Cl)c1ccc(C)cc1. The van der Waals surface area contributed by atoms with Crippen LogP contribution in [0.2, 0.25) is 15.1 Å². The molecule has 0 saturated carbocycles. The molecule has 0 aliphatic heterocycles. The van der Waals surface area contributed by atoms with Crippen LogP contribution in [0.3, 0.4) is 0 Å². The largest absolute Gasteiger partial charge is 0.349 e. The summed E-state index contributed by atoms with van der Waals surface area (Å²) < 4.78 is 0. The van der Waals surface area contributed by atoms with Crippen molar-refractivity contribution >= 4 is 52.3 Å². The Hall–Kier alpha value is -1.75. The number of benzene rings is 2. The van der Waals surface area contributed by atoms with Gasteiger partial charge in [0.2, 0.25) is 11.8 Å². The molecule has 1 unspecified atom stereocenters. The molecule has 2 N–H and O–H groups in total. The van der Waals surface area contributed by atoms with Crippen LogP contribution in [-0.2, 0) is 9.59 Å². The summed E-state index contributed by atoms with van der Waals surface area (Å²) in [4.78, 5) is 23.9. The van der Waals surface area contributed by atoms with Gasteiger partial charge in [-0.05, 0) is 24.6 Å². The van der Waals surface area contributed by atoms with Crippen LogP contribution in [0.5, 0.6) is 0 Å². The lowest BCUT2D eigenvalue weighted by Crippen LogP contribution is -2.29. The van der Waals surface area contributed by atoms with Crippen LogP contribution >= 0.6 is 34.8 Å². The highest BCUT2D eigenvalue weighted by Gasteiger charge is 2.18. The maximum absolute atomic E-state index is 12.4. The highest BCUT2D eigenvalue weighted by atomic mass is 35.5. The first kappa shape index (κ1) is 19.6. The van der Waals surface area contributed by atoms with Gasteiger partial charge < -0.3 is 10.6 Å². The van der Waals surface area contributed by atoms with E-state index in [1.54, 1.807) is 0 Å². The molecule has 2 rings (SSSR count). The zero-order chi connectivity index (χ0) is 18.6. The number of hydrogen-bond donors (Lipinski definition) is 2. The molecule has 132 valence electrons. The average molecular weight is 400 g/mol. The topological polar surface area (TPSA) is 58.2 Å². The first-order chi connectivity index (χ1) is 11.8. The lowest BCUT2D eigenvalue weighted by atomic mass is 10.0. The van der Waals surface area contributed by atoms with Gasteiger partial charge in [0, 0.05) is 6.92 Å². The van der Waals surface area contributed by atoms with Gasteiger partial charge in [0.1, 0.15) is 0 Å². The Morgan fingerprint density at radius 3 is 2.20 bits per heavy atom. The van der Waals surface area contributed by atoms with E-state index in [1.165, 1.54) is 19.1 Å². The van der Waals surface area contributed by atoms with Crippen molar-refractivity contribution in [2.75, 3.05) is 5.32 Å². The number of aryl methyl sites for hydroxylation is 1. The molecular formula is C18H17Cl3N2O2. The normalized spacial score (nSPS) is 11.7. The highest BCUT2D eigenvalue weighted by Crippen LogP contribution is 2.32. The predicted octanol–water partition coefficient (Wildman–Crippen LogP) is 5.16. The maximum atomic E-state index is 12.4. The first-order valence-electron chi connectivity index (χ1n) is 7.54. The number of nitrogens with one attached hydrogen (secondary N) is 2. The third kappa shape index (κ3) is 5.63. The molecule has 0 bridgehead atoms. The summed E-state index contributed by atoms with van der Waals surface area (Å²) >= 11 is 17.9. The molecule has 2 aromatic rings. The molecule has 0 aromatic heterocycles. The summed E-state index contributed by atoms with van der Waals surface area (Å²) in [6.45, 7) is 3.38. The van der Waals surface area contributed by atoms with Crippen molar-refractivity contribution in [2.45, 2.75) is 26.3 Å². The first-order valence-corrected chi connectivity index (χ1v) is 8.67. The van der Waals surface area contributed by atoms with Crippen molar-refractivity contribution in [1.82, 2.24) is 5.32 Å². The quantitative estimate of drug-likeness (QED) is 0.682. The number of carbonyl (C=O) groups excluding carboxylic acids is 2.